The third-order valence-electron chi connectivity index (χ3n) is 1.71. The summed E-state index contributed by atoms with van der Waals surface area (Å²) in [6, 6.07) is 1.32. The molecular formula is C9H8BrFO2. The van der Waals surface area contributed by atoms with Crippen LogP contribution in [0.1, 0.15) is 15.9 Å². The molecule has 0 fully saturated rings. The molecule has 2 nitrogen and oxygen atoms in total. The molecular weight excluding hydrogens is 239 g/mol. The summed E-state index contributed by atoms with van der Waals surface area (Å²) < 4.78 is 18.5. The highest BCUT2D eigenvalue weighted by Crippen LogP contribution is 2.31. The molecule has 0 spiro atoms. The minimum absolute atomic E-state index is 0.0209. The molecule has 0 aliphatic carbocycles. The molecule has 4 heteroatoms. The number of methoxy groups -OCH3 is 1. The largest absolute Gasteiger partial charge is 0.493 e. The molecule has 0 heterocycles. The van der Waals surface area contributed by atoms with Gasteiger partial charge in [0.15, 0.2) is 17.9 Å². The first-order valence-corrected chi connectivity index (χ1v) is 4.39. The van der Waals surface area contributed by atoms with E-state index in [9.17, 15) is 9.18 Å². The van der Waals surface area contributed by atoms with Crippen LogP contribution >= 0.6 is 15.9 Å². The second-order valence-corrected chi connectivity index (χ2v) is 3.35. The van der Waals surface area contributed by atoms with E-state index in [4.69, 9.17) is 4.74 Å². The summed E-state index contributed by atoms with van der Waals surface area (Å²) in [6.07, 6.45) is 0.568. The van der Waals surface area contributed by atoms with E-state index in [0.717, 1.165) is 0 Å². The van der Waals surface area contributed by atoms with Crippen molar-refractivity contribution in [3.05, 3.63) is 27.5 Å². The molecule has 0 saturated heterocycles. The van der Waals surface area contributed by atoms with Gasteiger partial charge in [0.05, 0.1) is 12.7 Å². The third kappa shape index (κ3) is 1.72. The van der Waals surface area contributed by atoms with Crippen LogP contribution in [-0.2, 0) is 0 Å². The molecule has 13 heavy (non-hydrogen) atoms. The number of rotatable bonds is 2. The molecule has 0 radical (unpaired) electrons. The molecule has 0 aromatic heterocycles. The number of carbonyl (C=O) groups is 1. The van der Waals surface area contributed by atoms with Crippen LogP contribution in [0.2, 0.25) is 0 Å². The maximum absolute atomic E-state index is 13.2. The summed E-state index contributed by atoms with van der Waals surface area (Å²) in [6.45, 7) is 1.71. The lowest BCUT2D eigenvalue weighted by molar-refractivity contribution is 0.111. The predicted octanol–water partition coefficient (Wildman–Crippen LogP) is 2.72. The molecule has 0 unspecified atom stereocenters. The molecule has 1 aromatic rings. The Labute approximate surface area is 83.8 Å². The van der Waals surface area contributed by atoms with Gasteiger partial charge in [-0.05, 0) is 34.5 Å². The number of hydrogen-bond donors (Lipinski definition) is 0. The SMILES string of the molecule is COc1c(F)cc(C)c(Br)c1C=O. The number of aldehydes is 1. The van der Waals surface area contributed by atoms with Crippen molar-refractivity contribution in [2.75, 3.05) is 7.11 Å². The zero-order valence-corrected chi connectivity index (χ0v) is 8.81. The lowest BCUT2D eigenvalue weighted by Gasteiger charge is -2.08. The Morgan fingerprint density at radius 1 is 1.62 bits per heavy atom. The van der Waals surface area contributed by atoms with Crippen LogP contribution in [0.15, 0.2) is 10.5 Å². The van der Waals surface area contributed by atoms with Crippen LogP contribution < -0.4 is 4.74 Å². The highest BCUT2D eigenvalue weighted by Gasteiger charge is 2.14. The van der Waals surface area contributed by atoms with E-state index >= 15 is 0 Å². The van der Waals surface area contributed by atoms with Crippen molar-refractivity contribution in [2.24, 2.45) is 0 Å². The van der Waals surface area contributed by atoms with Crippen LogP contribution in [0.3, 0.4) is 0 Å². The summed E-state index contributed by atoms with van der Waals surface area (Å²) in [5.41, 5.74) is 0.875. The van der Waals surface area contributed by atoms with E-state index < -0.39 is 5.82 Å². The molecule has 0 saturated carbocycles. The second-order valence-electron chi connectivity index (χ2n) is 2.55. The first-order chi connectivity index (χ1) is 6.11. The van der Waals surface area contributed by atoms with E-state index in [1.807, 2.05) is 0 Å². The van der Waals surface area contributed by atoms with E-state index in [0.29, 0.717) is 16.3 Å². The summed E-state index contributed by atoms with van der Waals surface area (Å²) in [4.78, 5) is 10.6. The minimum Gasteiger partial charge on any atom is -0.493 e. The highest BCUT2D eigenvalue weighted by atomic mass is 79.9. The third-order valence-corrected chi connectivity index (χ3v) is 2.76. The predicted molar refractivity (Wildman–Crippen MR) is 50.8 cm³/mol. The van der Waals surface area contributed by atoms with Gasteiger partial charge in [-0.2, -0.15) is 0 Å². The van der Waals surface area contributed by atoms with Crippen molar-refractivity contribution in [1.82, 2.24) is 0 Å². The Balaban J connectivity index is 3.50. The van der Waals surface area contributed by atoms with Gasteiger partial charge < -0.3 is 4.74 Å². The monoisotopic (exact) mass is 246 g/mol. The zero-order chi connectivity index (χ0) is 10.0. The number of hydrogen-bond acceptors (Lipinski definition) is 2. The van der Waals surface area contributed by atoms with Gasteiger partial charge in [-0.1, -0.05) is 0 Å². The van der Waals surface area contributed by atoms with Gasteiger partial charge in [-0.15, -0.1) is 0 Å². The molecule has 0 atom stereocenters. The molecule has 0 N–H and O–H groups in total. The maximum Gasteiger partial charge on any atom is 0.166 e. The lowest BCUT2D eigenvalue weighted by atomic mass is 10.1. The van der Waals surface area contributed by atoms with Gasteiger partial charge in [0.1, 0.15) is 0 Å². The Kier molecular flexibility index (Phi) is 3.03. The first-order valence-electron chi connectivity index (χ1n) is 3.59. The number of carbonyl (C=O) groups excluding carboxylic acids is 1. The van der Waals surface area contributed by atoms with Crippen molar-refractivity contribution in [2.45, 2.75) is 6.92 Å². The lowest BCUT2D eigenvalue weighted by Crippen LogP contribution is -1.97. The Bertz CT molecular complexity index is 350. The van der Waals surface area contributed by atoms with Gasteiger partial charge in [0.25, 0.3) is 0 Å². The van der Waals surface area contributed by atoms with Gasteiger partial charge in [-0.3, -0.25) is 4.79 Å². The molecule has 0 amide bonds. The van der Waals surface area contributed by atoms with Crippen LogP contribution in [0, 0.1) is 12.7 Å². The summed E-state index contributed by atoms with van der Waals surface area (Å²) >= 11 is 3.19. The van der Waals surface area contributed by atoms with Crippen molar-refractivity contribution in [3.8, 4) is 5.75 Å². The topological polar surface area (TPSA) is 26.3 Å². The Morgan fingerprint density at radius 3 is 2.69 bits per heavy atom. The molecule has 1 rings (SSSR count). The van der Waals surface area contributed by atoms with Gasteiger partial charge in [0.2, 0.25) is 0 Å². The second kappa shape index (κ2) is 3.87. The zero-order valence-electron chi connectivity index (χ0n) is 7.23. The van der Waals surface area contributed by atoms with E-state index in [1.54, 1.807) is 6.92 Å². The average molecular weight is 247 g/mol. The quantitative estimate of drug-likeness (QED) is 0.751. The standard InChI is InChI=1S/C9H8BrFO2/c1-5-3-7(11)9(13-2)6(4-12)8(5)10/h3-4H,1-2H3. The number of benzene rings is 1. The number of ether oxygens (including phenoxy) is 1. The summed E-state index contributed by atoms with van der Waals surface area (Å²) in [5.74, 6) is -0.544. The molecule has 1 aromatic carbocycles. The van der Waals surface area contributed by atoms with Crippen LogP contribution in [0.4, 0.5) is 4.39 Å². The summed E-state index contributed by atoms with van der Waals surface area (Å²) in [7, 11) is 1.33. The molecule has 70 valence electrons. The van der Waals surface area contributed by atoms with Gasteiger partial charge in [-0.25, -0.2) is 4.39 Å². The number of aryl methyl sites for hydroxylation is 1. The summed E-state index contributed by atoms with van der Waals surface area (Å²) in [5, 5.41) is 0. The maximum atomic E-state index is 13.2. The van der Waals surface area contributed by atoms with Gasteiger partial charge >= 0.3 is 0 Å². The van der Waals surface area contributed by atoms with E-state index in [2.05, 4.69) is 15.9 Å². The van der Waals surface area contributed by atoms with E-state index in [-0.39, 0.29) is 11.3 Å². The average Bonchev–Trinajstić information content (AvgIpc) is 2.10. The number of halogens is 2. The Morgan fingerprint density at radius 2 is 2.23 bits per heavy atom. The molecule has 0 bridgehead atoms. The minimum atomic E-state index is -0.523. The highest BCUT2D eigenvalue weighted by molar-refractivity contribution is 9.10. The fourth-order valence-corrected chi connectivity index (χ4v) is 1.46. The fraction of sp³-hybridized carbons (Fsp3) is 0.222. The van der Waals surface area contributed by atoms with Crippen LogP contribution in [0.5, 0.6) is 5.75 Å². The van der Waals surface area contributed by atoms with Crippen LogP contribution in [0.25, 0.3) is 0 Å². The van der Waals surface area contributed by atoms with Crippen molar-refractivity contribution < 1.29 is 13.9 Å². The first kappa shape index (κ1) is 10.2. The van der Waals surface area contributed by atoms with Crippen molar-refractivity contribution >= 4 is 22.2 Å². The van der Waals surface area contributed by atoms with E-state index in [1.165, 1.54) is 13.2 Å². The van der Waals surface area contributed by atoms with Crippen molar-refractivity contribution in [3.63, 3.8) is 0 Å². The Hall–Kier alpha value is -0.900. The normalized spacial score (nSPS) is 9.85. The molecule has 0 aliphatic heterocycles. The molecule has 0 aliphatic rings. The van der Waals surface area contributed by atoms with Crippen molar-refractivity contribution in [1.29, 1.82) is 0 Å². The fourth-order valence-electron chi connectivity index (χ4n) is 1.07. The smallest absolute Gasteiger partial charge is 0.166 e. The van der Waals surface area contributed by atoms with Gasteiger partial charge in [0, 0.05) is 4.47 Å². The van der Waals surface area contributed by atoms with Crippen LogP contribution in [-0.4, -0.2) is 13.4 Å².